The number of hydrogen-bond acceptors (Lipinski definition) is 5. The van der Waals surface area contributed by atoms with E-state index in [1.165, 1.54) is 118 Å². The maximum atomic E-state index is 6.03. The fourth-order valence-electron chi connectivity index (χ4n) is 11.3. The first-order chi connectivity index (χ1) is 32.4. The minimum Gasteiger partial charge on any atom is -0.405 e. The number of benzene rings is 5. The van der Waals surface area contributed by atoms with Gasteiger partial charge >= 0.3 is 0 Å². The molecule has 0 bridgehead atoms. The van der Waals surface area contributed by atoms with Crippen LogP contribution < -0.4 is 20.9 Å². The molecule has 4 aliphatic heterocycles. The number of hydrogen-bond donors (Lipinski definition) is 2. The van der Waals surface area contributed by atoms with E-state index in [2.05, 4.69) is 182 Å². The predicted octanol–water partition coefficient (Wildman–Crippen LogP) is 15.2. The zero-order chi connectivity index (χ0) is 45.3. The van der Waals surface area contributed by atoms with Crippen LogP contribution in [0.5, 0.6) is 0 Å². The van der Waals surface area contributed by atoms with E-state index in [9.17, 15) is 0 Å². The Morgan fingerprint density at radius 2 is 1.39 bits per heavy atom. The maximum absolute atomic E-state index is 6.03. The number of nitrogens with one attached hydrogen (secondary N) is 1. The number of nitrogens with zero attached hydrogens (tertiary/aromatic N) is 4. The summed E-state index contributed by atoms with van der Waals surface area (Å²) in [5, 5.41) is 5.13. The molecule has 6 nitrogen and oxygen atoms in total. The van der Waals surface area contributed by atoms with Crippen LogP contribution in [0.3, 0.4) is 0 Å². The van der Waals surface area contributed by atoms with Crippen molar-refractivity contribution in [3.8, 4) is 16.8 Å². The van der Waals surface area contributed by atoms with E-state index >= 15 is 0 Å². The quantitative estimate of drug-likeness (QED) is 0.0958. The summed E-state index contributed by atoms with van der Waals surface area (Å²) in [5.41, 5.74) is 25.9. The first-order valence-corrected chi connectivity index (χ1v) is 24.9. The SMILES string of the molecule is CCCCC(CC)CC1=CNC2C(=C1)c1cc(CC(CC)CCCC)ccc1N2c1ccc2c(c1)C1=CC=NC1N2c1ccc(-n2c(C)c(/C=C\N)c3cc(-c4ccccc4)ccc32)cc1. The Balaban J connectivity index is 0.980. The van der Waals surface area contributed by atoms with E-state index < -0.39 is 0 Å². The second kappa shape index (κ2) is 18.8. The number of fused-ring (bicyclic) bond motifs is 7. The van der Waals surface area contributed by atoms with Gasteiger partial charge in [-0.05, 0) is 145 Å². The van der Waals surface area contributed by atoms with Gasteiger partial charge in [-0.25, -0.2) is 0 Å². The molecule has 10 rings (SSSR count). The fraction of sp³-hybridized carbons (Fsp3) is 0.317. The molecule has 5 heterocycles. The van der Waals surface area contributed by atoms with Gasteiger partial charge < -0.3 is 25.4 Å². The Labute approximate surface area is 393 Å². The monoisotopic (exact) mass is 871 g/mol. The van der Waals surface area contributed by atoms with Crippen LogP contribution >= 0.6 is 0 Å². The van der Waals surface area contributed by atoms with Gasteiger partial charge in [-0.1, -0.05) is 122 Å². The molecule has 66 heavy (non-hydrogen) atoms. The van der Waals surface area contributed by atoms with Crippen molar-refractivity contribution in [2.45, 2.75) is 111 Å². The first-order valence-electron chi connectivity index (χ1n) is 24.9. The minimum absolute atomic E-state index is 0.0310. The lowest BCUT2D eigenvalue weighted by atomic mass is 9.88. The van der Waals surface area contributed by atoms with Crippen molar-refractivity contribution < 1.29 is 0 Å². The minimum atomic E-state index is -0.103. The van der Waals surface area contributed by atoms with Crippen molar-refractivity contribution >= 4 is 57.1 Å². The molecule has 4 unspecified atom stereocenters. The topological polar surface area (TPSA) is 61.8 Å². The Bertz CT molecular complexity index is 2890. The first kappa shape index (κ1) is 43.4. The molecule has 0 amide bonds. The van der Waals surface area contributed by atoms with Crippen molar-refractivity contribution in [3.63, 3.8) is 0 Å². The van der Waals surface area contributed by atoms with Gasteiger partial charge in [-0.2, -0.15) is 0 Å². The smallest absolute Gasteiger partial charge is 0.152 e. The third-order valence-corrected chi connectivity index (χ3v) is 14.9. The van der Waals surface area contributed by atoms with E-state index in [-0.39, 0.29) is 12.3 Å². The third kappa shape index (κ3) is 7.88. The van der Waals surface area contributed by atoms with Crippen LogP contribution in [0.4, 0.5) is 22.7 Å². The number of anilines is 4. The van der Waals surface area contributed by atoms with Gasteiger partial charge in [-0.3, -0.25) is 4.99 Å². The van der Waals surface area contributed by atoms with Crippen LogP contribution in [-0.4, -0.2) is 23.1 Å². The van der Waals surface area contributed by atoms with E-state index in [1.54, 1.807) is 6.20 Å². The number of unbranched alkanes of at least 4 members (excludes halogenated alkanes) is 2. The van der Waals surface area contributed by atoms with Crippen LogP contribution in [0.1, 0.15) is 113 Å². The molecule has 0 saturated heterocycles. The summed E-state index contributed by atoms with van der Waals surface area (Å²) in [5.74, 6) is 1.43. The van der Waals surface area contributed by atoms with Crippen LogP contribution in [0, 0.1) is 18.8 Å². The van der Waals surface area contributed by atoms with E-state index in [1.807, 2.05) is 12.3 Å². The molecule has 336 valence electrons. The summed E-state index contributed by atoms with van der Waals surface area (Å²) >= 11 is 0. The van der Waals surface area contributed by atoms with Gasteiger partial charge in [0.05, 0.1) is 16.9 Å². The molecule has 0 spiro atoms. The number of dihydropyridines is 1. The van der Waals surface area contributed by atoms with Crippen LogP contribution in [-0.2, 0) is 6.42 Å². The lowest BCUT2D eigenvalue weighted by Crippen LogP contribution is -2.39. The van der Waals surface area contributed by atoms with Crippen molar-refractivity contribution in [1.29, 1.82) is 0 Å². The lowest BCUT2D eigenvalue weighted by molar-refractivity contribution is 0.449. The van der Waals surface area contributed by atoms with Gasteiger partial charge in [0.25, 0.3) is 0 Å². The Morgan fingerprint density at radius 3 is 2.14 bits per heavy atom. The molecule has 1 aromatic heterocycles. The summed E-state index contributed by atoms with van der Waals surface area (Å²) < 4.78 is 2.35. The molecule has 0 fully saturated rings. The van der Waals surface area contributed by atoms with Crippen molar-refractivity contribution in [2.75, 3.05) is 9.80 Å². The Kier molecular flexibility index (Phi) is 12.3. The molecule has 0 saturated carbocycles. The van der Waals surface area contributed by atoms with Crippen LogP contribution in [0.2, 0.25) is 0 Å². The van der Waals surface area contributed by atoms with E-state index in [0.29, 0.717) is 5.92 Å². The van der Waals surface area contributed by atoms with Crippen LogP contribution in [0.15, 0.2) is 144 Å². The second-order valence-electron chi connectivity index (χ2n) is 19.0. The average molecular weight is 871 g/mol. The van der Waals surface area contributed by atoms with E-state index in [0.717, 1.165) is 46.9 Å². The zero-order valence-electron chi connectivity index (χ0n) is 39.6. The highest BCUT2D eigenvalue weighted by atomic mass is 15.3. The van der Waals surface area contributed by atoms with Gasteiger partial charge in [0.15, 0.2) is 6.17 Å². The molecule has 3 N–H and O–H groups in total. The summed E-state index contributed by atoms with van der Waals surface area (Å²) in [6.45, 7) is 11.5. The highest BCUT2D eigenvalue weighted by Gasteiger charge is 2.40. The third-order valence-electron chi connectivity index (χ3n) is 14.9. The summed E-state index contributed by atoms with van der Waals surface area (Å²) in [6, 6.07) is 40.7. The van der Waals surface area contributed by atoms with E-state index in [4.69, 9.17) is 10.7 Å². The van der Waals surface area contributed by atoms with Gasteiger partial charge in [0, 0.05) is 68.4 Å². The fourth-order valence-corrected chi connectivity index (χ4v) is 11.3. The number of aromatic nitrogens is 1. The molecule has 0 radical (unpaired) electrons. The van der Waals surface area contributed by atoms with Crippen molar-refractivity contribution in [2.24, 2.45) is 22.6 Å². The van der Waals surface area contributed by atoms with Crippen LogP contribution in [0.25, 0.3) is 44.9 Å². The molecular weight excluding hydrogens is 805 g/mol. The number of rotatable bonds is 17. The molecule has 6 aromatic rings. The molecule has 4 atom stereocenters. The molecule has 5 aromatic carbocycles. The van der Waals surface area contributed by atoms with Gasteiger partial charge in [0.1, 0.15) is 6.17 Å². The molecule has 4 aliphatic rings. The number of aliphatic imine (C=N–C) groups is 1. The lowest BCUT2D eigenvalue weighted by Gasteiger charge is -2.31. The number of nitrogens with two attached hydrogens (primary N) is 1. The highest BCUT2D eigenvalue weighted by Crippen LogP contribution is 2.52. The standard InChI is InChI=1S/C60H66N6/c1-6-10-15-41(8-3)33-43-19-26-57-52(35-43)55-36-44(34-42(9-4)16-11-7-2)39-63-60(55)66(57)49-25-28-58-54(38-49)51-30-32-62-59(51)65(58)48-23-21-47(22-24-48)64-40(5)50(29-31-61)53-37-46(20-27-56(53)64)45-17-13-12-14-18-45/h12-14,17-32,35-39,41-42,59-60,63H,6-11,15-16,33-34,61H2,1-5H3/b31-29-. The molecule has 0 aliphatic carbocycles. The molecule has 6 heteroatoms. The largest absolute Gasteiger partial charge is 0.405 e. The predicted molar refractivity (Wildman–Crippen MR) is 282 cm³/mol. The number of allylic oxidation sites excluding steroid dienone is 3. The van der Waals surface area contributed by atoms with Crippen molar-refractivity contribution in [1.82, 2.24) is 9.88 Å². The van der Waals surface area contributed by atoms with Gasteiger partial charge in [0.2, 0.25) is 0 Å². The van der Waals surface area contributed by atoms with Crippen molar-refractivity contribution in [3.05, 3.63) is 167 Å². The average Bonchev–Trinajstić information content (AvgIpc) is 4.11. The zero-order valence-corrected chi connectivity index (χ0v) is 39.6. The normalized spacial score (nSPS) is 17.9. The summed E-state index contributed by atoms with van der Waals surface area (Å²) in [7, 11) is 0. The second-order valence-corrected chi connectivity index (χ2v) is 19.0. The Morgan fingerprint density at radius 1 is 0.697 bits per heavy atom. The Hall–Kier alpha value is -6.53. The summed E-state index contributed by atoms with van der Waals surface area (Å²) in [4.78, 5) is 10.0. The maximum Gasteiger partial charge on any atom is 0.152 e. The van der Waals surface area contributed by atoms with Gasteiger partial charge in [-0.15, -0.1) is 0 Å². The highest BCUT2D eigenvalue weighted by molar-refractivity contribution is 6.03. The molecular formula is C60H66N6. The summed E-state index contributed by atoms with van der Waals surface area (Å²) in [6.07, 6.45) is 25.1.